The molecule has 0 aromatic carbocycles. The zero-order valence-electron chi connectivity index (χ0n) is 12.0. The van der Waals surface area contributed by atoms with E-state index in [9.17, 15) is 9.90 Å². The second kappa shape index (κ2) is 11.5. The van der Waals surface area contributed by atoms with Crippen LogP contribution in [0.2, 0.25) is 0 Å². The lowest BCUT2D eigenvalue weighted by Crippen LogP contribution is -2.16. The van der Waals surface area contributed by atoms with Crippen LogP contribution in [0.1, 0.15) is 78.1 Å². The summed E-state index contributed by atoms with van der Waals surface area (Å²) in [5.41, 5.74) is 0. The zero-order chi connectivity index (χ0) is 13.8. The van der Waals surface area contributed by atoms with Gasteiger partial charge >= 0.3 is 5.97 Å². The zero-order valence-corrected chi connectivity index (χ0v) is 12.0. The van der Waals surface area contributed by atoms with Crippen molar-refractivity contribution < 1.29 is 15.0 Å². The van der Waals surface area contributed by atoms with Gasteiger partial charge in [-0.05, 0) is 18.8 Å². The Morgan fingerprint density at radius 2 is 1.50 bits per heavy atom. The predicted molar refractivity (Wildman–Crippen MR) is 74.7 cm³/mol. The monoisotopic (exact) mass is 258 g/mol. The van der Waals surface area contributed by atoms with E-state index < -0.39 is 5.97 Å². The van der Waals surface area contributed by atoms with Crippen LogP contribution in [0.15, 0.2) is 0 Å². The average molecular weight is 258 g/mol. The van der Waals surface area contributed by atoms with Crippen LogP contribution in [0, 0.1) is 5.92 Å². The molecule has 0 aliphatic carbocycles. The molecule has 2 unspecified atom stereocenters. The predicted octanol–water partition coefficient (Wildman–Crippen LogP) is 3.99. The second-order valence-corrected chi connectivity index (χ2v) is 5.36. The van der Waals surface area contributed by atoms with Crippen molar-refractivity contribution in [3.63, 3.8) is 0 Å². The van der Waals surface area contributed by atoms with Crippen LogP contribution in [0.25, 0.3) is 0 Å². The van der Waals surface area contributed by atoms with Crippen molar-refractivity contribution in [1.29, 1.82) is 0 Å². The maximum Gasteiger partial charge on any atom is 0.303 e. The van der Waals surface area contributed by atoms with Gasteiger partial charge in [-0.3, -0.25) is 4.79 Å². The van der Waals surface area contributed by atoms with Crippen molar-refractivity contribution in [3.8, 4) is 0 Å². The third-order valence-corrected chi connectivity index (χ3v) is 3.69. The number of carboxylic acid groups (broad SMARTS) is 1. The summed E-state index contributed by atoms with van der Waals surface area (Å²) in [6, 6.07) is 0. The molecular formula is C15H30O3. The van der Waals surface area contributed by atoms with Crippen molar-refractivity contribution in [2.24, 2.45) is 5.92 Å². The van der Waals surface area contributed by atoms with E-state index in [0.29, 0.717) is 12.3 Å². The maximum absolute atomic E-state index is 10.3. The molecule has 0 aromatic heterocycles. The van der Waals surface area contributed by atoms with Crippen molar-refractivity contribution in [2.45, 2.75) is 84.2 Å². The molecule has 0 saturated heterocycles. The number of hydrogen-bond donors (Lipinski definition) is 2. The summed E-state index contributed by atoms with van der Waals surface area (Å²) >= 11 is 0. The fraction of sp³-hybridized carbons (Fsp3) is 0.933. The number of aliphatic carboxylic acids is 1. The van der Waals surface area contributed by atoms with Crippen LogP contribution in [0.5, 0.6) is 0 Å². The minimum absolute atomic E-state index is 0.134. The van der Waals surface area contributed by atoms with Crippen molar-refractivity contribution in [1.82, 2.24) is 0 Å². The Bertz CT molecular complexity index is 204. The molecule has 0 radical (unpaired) electrons. The number of aliphatic hydroxyl groups is 1. The van der Waals surface area contributed by atoms with Crippen LogP contribution < -0.4 is 0 Å². The van der Waals surface area contributed by atoms with Crippen LogP contribution in [-0.2, 0) is 4.79 Å². The Morgan fingerprint density at radius 3 is 2.00 bits per heavy atom. The number of carbonyl (C=O) groups is 1. The molecular weight excluding hydrogens is 228 g/mol. The molecule has 0 aliphatic heterocycles. The molecule has 0 bridgehead atoms. The Kier molecular flexibility index (Phi) is 11.2. The van der Waals surface area contributed by atoms with Gasteiger partial charge in [0.15, 0.2) is 0 Å². The largest absolute Gasteiger partial charge is 0.481 e. The SMILES string of the molecule is CCC(C)C(O)CCCCCCCCCC(=O)O. The molecule has 3 nitrogen and oxygen atoms in total. The van der Waals surface area contributed by atoms with E-state index in [1.165, 1.54) is 19.3 Å². The van der Waals surface area contributed by atoms with E-state index in [1.807, 2.05) is 0 Å². The molecule has 2 atom stereocenters. The summed E-state index contributed by atoms with van der Waals surface area (Å²) in [5, 5.41) is 18.3. The fourth-order valence-corrected chi connectivity index (χ4v) is 2.07. The standard InChI is InChI=1S/C15H30O3/c1-3-13(2)14(16)11-9-7-5-4-6-8-10-12-15(17)18/h13-14,16H,3-12H2,1-2H3,(H,17,18). The van der Waals surface area contributed by atoms with Crippen molar-refractivity contribution >= 4 is 5.97 Å². The van der Waals surface area contributed by atoms with Crippen molar-refractivity contribution in [3.05, 3.63) is 0 Å². The molecule has 0 rings (SSSR count). The summed E-state index contributed by atoms with van der Waals surface area (Å²) in [6.07, 6.45) is 9.82. The topological polar surface area (TPSA) is 57.5 Å². The Labute approximate surface area is 112 Å². The highest BCUT2D eigenvalue weighted by molar-refractivity contribution is 5.66. The van der Waals surface area contributed by atoms with Gasteiger partial charge in [0.05, 0.1) is 6.10 Å². The van der Waals surface area contributed by atoms with Gasteiger partial charge in [0.1, 0.15) is 0 Å². The number of aliphatic hydroxyl groups excluding tert-OH is 1. The van der Waals surface area contributed by atoms with Crippen LogP contribution >= 0.6 is 0 Å². The first-order chi connectivity index (χ1) is 8.57. The minimum atomic E-state index is -0.686. The molecule has 0 fully saturated rings. The highest BCUT2D eigenvalue weighted by Gasteiger charge is 2.10. The van der Waals surface area contributed by atoms with Gasteiger partial charge in [-0.25, -0.2) is 0 Å². The van der Waals surface area contributed by atoms with Gasteiger partial charge in [-0.1, -0.05) is 58.8 Å². The van der Waals surface area contributed by atoms with Crippen LogP contribution in [0.3, 0.4) is 0 Å². The summed E-state index contributed by atoms with van der Waals surface area (Å²) in [6.45, 7) is 4.22. The highest BCUT2D eigenvalue weighted by Crippen LogP contribution is 2.15. The lowest BCUT2D eigenvalue weighted by atomic mass is 9.96. The Morgan fingerprint density at radius 1 is 1.00 bits per heavy atom. The van der Waals surface area contributed by atoms with E-state index in [4.69, 9.17) is 5.11 Å². The third-order valence-electron chi connectivity index (χ3n) is 3.69. The number of unbranched alkanes of at least 4 members (excludes halogenated alkanes) is 6. The first-order valence-corrected chi connectivity index (χ1v) is 7.47. The molecule has 0 heterocycles. The van der Waals surface area contributed by atoms with Crippen LogP contribution in [0.4, 0.5) is 0 Å². The summed E-state index contributed by atoms with van der Waals surface area (Å²) in [7, 11) is 0. The number of hydrogen-bond acceptors (Lipinski definition) is 2. The molecule has 0 spiro atoms. The smallest absolute Gasteiger partial charge is 0.303 e. The van der Waals surface area contributed by atoms with Gasteiger partial charge in [0.25, 0.3) is 0 Å². The maximum atomic E-state index is 10.3. The molecule has 2 N–H and O–H groups in total. The highest BCUT2D eigenvalue weighted by atomic mass is 16.4. The first-order valence-electron chi connectivity index (χ1n) is 7.47. The molecule has 0 saturated carbocycles. The average Bonchev–Trinajstić information content (AvgIpc) is 2.35. The Balaban J connectivity index is 3.18. The third kappa shape index (κ3) is 10.6. The van der Waals surface area contributed by atoms with E-state index in [-0.39, 0.29) is 6.10 Å². The summed E-state index contributed by atoms with van der Waals surface area (Å²) < 4.78 is 0. The number of carboxylic acids is 1. The summed E-state index contributed by atoms with van der Waals surface area (Å²) in [4.78, 5) is 10.3. The molecule has 0 amide bonds. The molecule has 0 aromatic rings. The first kappa shape index (κ1) is 17.4. The normalized spacial score (nSPS) is 14.4. The van der Waals surface area contributed by atoms with Gasteiger partial charge in [0, 0.05) is 6.42 Å². The van der Waals surface area contributed by atoms with E-state index in [1.54, 1.807) is 0 Å². The molecule has 18 heavy (non-hydrogen) atoms. The Hall–Kier alpha value is -0.570. The summed E-state index contributed by atoms with van der Waals surface area (Å²) in [5.74, 6) is -0.268. The van der Waals surface area contributed by atoms with E-state index >= 15 is 0 Å². The lowest BCUT2D eigenvalue weighted by Gasteiger charge is -2.16. The number of rotatable bonds is 12. The fourth-order valence-electron chi connectivity index (χ4n) is 2.07. The van der Waals surface area contributed by atoms with E-state index in [2.05, 4.69) is 13.8 Å². The van der Waals surface area contributed by atoms with Crippen LogP contribution in [-0.4, -0.2) is 22.3 Å². The van der Waals surface area contributed by atoms with Gasteiger partial charge in [-0.15, -0.1) is 0 Å². The van der Waals surface area contributed by atoms with Gasteiger partial charge in [-0.2, -0.15) is 0 Å². The second-order valence-electron chi connectivity index (χ2n) is 5.36. The minimum Gasteiger partial charge on any atom is -0.481 e. The lowest BCUT2D eigenvalue weighted by molar-refractivity contribution is -0.137. The van der Waals surface area contributed by atoms with Gasteiger partial charge < -0.3 is 10.2 Å². The van der Waals surface area contributed by atoms with Gasteiger partial charge in [0.2, 0.25) is 0 Å². The molecule has 0 aliphatic rings. The van der Waals surface area contributed by atoms with Crippen molar-refractivity contribution in [2.75, 3.05) is 0 Å². The van der Waals surface area contributed by atoms with E-state index in [0.717, 1.165) is 38.5 Å². The quantitative estimate of drug-likeness (QED) is 0.520. The molecule has 3 heteroatoms. The molecule has 108 valence electrons.